The van der Waals surface area contributed by atoms with Crippen LogP contribution in [0, 0.1) is 6.92 Å². The van der Waals surface area contributed by atoms with Gasteiger partial charge in [-0.1, -0.05) is 0 Å². The standard InChI is InChI=1S/C14H23N3O2/c1-11-9-13(14(18-2)10-17-11)16-7-8-19-12-3-5-15-6-4-12/h9-10,12,15H,3-8H2,1-2H3,(H,16,17). The fraction of sp³-hybridized carbons (Fsp3) is 0.643. The molecule has 1 aliphatic heterocycles. The highest BCUT2D eigenvalue weighted by Crippen LogP contribution is 2.23. The molecule has 0 amide bonds. The second kappa shape index (κ2) is 7.31. The molecule has 1 aromatic rings. The lowest BCUT2D eigenvalue weighted by atomic mass is 10.1. The van der Waals surface area contributed by atoms with Gasteiger partial charge in [0.25, 0.3) is 0 Å². The van der Waals surface area contributed by atoms with Crippen LogP contribution in [0.3, 0.4) is 0 Å². The van der Waals surface area contributed by atoms with Gasteiger partial charge in [-0.2, -0.15) is 0 Å². The van der Waals surface area contributed by atoms with Crippen molar-refractivity contribution in [3.8, 4) is 5.75 Å². The van der Waals surface area contributed by atoms with Crippen LogP contribution in [-0.2, 0) is 4.74 Å². The summed E-state index contributed by atoms with van der Waals surface area (Å²) in [4.78, 5) is 4.21. The Balaban J connectivity index is 1.74. The molecule has 0 radical (unpaired) electrons. The number of piperidine rings is 1. The van der Waals surface area contributed by atoms with Gasteiger partial charge in [0.05, 0.1) is 31.7 Å². The molecule has 0 spiro atoms. The first-order valence-electron chi connectivity index (χ1n) is 6.86. The topological polar surface area (TPSA) is 55.4 Å². The molecule has 1 aliphatic rings. The first-order chi connectivity index (χ1) is 9.29. The Morgan fingerprint density at radius 1 is 1.42 bits per heavy atom. The van der Waals surface area contributed by atoms with Gasteiger partial charge in [-0.05, 0) is 38.9 Å². The van der Waals surface area contributed by atoms with E-state index in [-0.39, 0.29) is 0 Å². The lowest BCUT2D eigenvalue weighted by Gasteiger charge is -2.23. The minimum atomic E-state index is 0.407. The van der Waals surface area contributed by atoms with E-state index in [2.05, 4.69) is 15.6 Å². The Hall–Kier alpha value is -1.33. The molecule has 2 heterocycles. The van der Waals surface area contributed by atoms with Gasteiger partial charge in [-0.25, -0.2) is 0 Å². The fourth-order valence-corrected chi connectivity index (χ4v) is 2.22. The van der Waals surface area contributed by atoms with E-state index in [0.717, 1.165) is 56.2 Å². The summed E-state index contributed by atoms with van der Waals surface area (Å²) in [5, 5.41) is 6.67. The first kappa shape index (κ1) is 14.1. The molecule has 0 aliphatic carbocycles. The first-order valence-corrected chi connectivity index (χ1v) is 6.86. The van der Waals surface area contributed by atoms with Crippen molar-refractivity contribution in [1.82, 2.24) is 10.3 Å². The molecule has 0 aromatic carbocycles. The van der Waals surface area contributed by atoms with E-state index in [1.54, 1.807) is 13.3 Å². The third-order valence-electron chi connectivity index (χ3n) is 3.28. The zero-order valence-corrected chi connectivity index (χ0v) is 11.7. The van der Waals surface area contributed by atoms with Crippen LogP contribution in [0.5, 0.6) is 5.75 Å². The number of aryl methyl sites for hydroxylation is 1. The Labute approximate surface area is 114 Å². The van der Waals surface area contributed by atoms with Crippen molar-refractivity contribution in [2.75, 3.05) is 38.7 Å². The molecule has 2 N–H and O–H groups in total. The van der Waals surface area contributed by atoms with Crippen LogP contribution in [0.1, 0.15) is 18.5 Å². The number of ether oxygens (including phenoxy) is 2. The summed E-state index contributed by atoms with van der Waals surface area (Å²) in [6, 6.07) is 1.99. The second-order valence-corrected chi connectivity index (χ2v) is 4.77. The highest BCUT2D eigenvalue weighted by Gasteiger charge is 2.12. The molecule has 1 saturated heterocycles. The van der Waals surface area contributed by atoms with Crippen LogP contribution in [0.2, 0.25) is 0 Å². The normalized spacial score (nSPS) is 16.3. The number of pyridine rings is 1. The molecule has 2 rings (SSSR count). The number of methoxy groups -OCH3 is 1. The van der Waals surface area contributed by atoms with Crippen molar-refractivity contribution in [3.63, 3.8) is 0 Å². The average Bonchev–Trinajstić information content (AvgIpc) is 2.45. The van der Waals surface area contributed by atoms with E-state index in [0.29, 0.717) is 6.10 Å². The van der Waals surface area contributed by atoms with Crippen LogP contribution >= 0.6 is 0 Å². The minimum absolute atomic E-state index is 0.407. The Kier molecular flexibility index (Phi) is 5.42. The van der Waals surface area contributed by atoms with Gasteiger partial charge in [0.2, 0.25) is 0 Å². The lowest BCUT2D eigenvalue weighted by molar-refractivity contribution is 0.0394. The second-order valence-electron chi connectivity index (χ2n) is 4.77. The summed E-state index contributed by atoms with van der Waals surface area (Å²) < 4.78 is 11.1. The van der Waals surface area contributed by atoms with Gasteiger partial charge in [-0.3, -0.25) is 4.98 Å². The molecule has 19 heavy (non-hydrogen) atoms. The smallest absolute Gasteiger partial charge is 0.160 e. The van der Waals surface area contributed by atoms with E-state index in [9.17, 15) is 0 Å². The van der Waals surface area contributed by atoms with Gasteiger partial charge >= 0.3 is 0 Å². The van der Waals surface area contributed by atoms with Crippen molar-refractivity contribution in [2.24, 2.45) is 0 Å². The fourth-order valence-electron chi connectivity index (χ4n) is 2.22. The van der Waals surface area contributed by atoms with Crippen molar-refractivity contribution in [1.29, 1.82) is 0 Å². The SMILES string of the molecule is COc1cnc(C)cc1NCCOC1CCNCC1. The molecule has 5 heteroatoms. The third kappa shape index (κ3) is 4.36. The van der Waals surface area contributed by atoms with Crippen molar-refractivity contribution >= 4 is 5.69 Å². The van der Waals surface area contributed by atoms with Crippen molar-refractivity contribution < 1.29 is 9.47 Å². The molecule has 1 aromatic heterocycles. The van der Waals surface area contributed by atoms with E-state index < -0.39 is 0 Å². The predicted molar refractivity (Wildman–Crippen MR) is 75.9 cm³/mol. The highest BCUT2D eigenvalue weighted by atomic mass is 16.5. The van der Waals surface area contributed by atoms with Crippen LogP contribution in [0.4, 0.5) is 5.69 Å². The van der Waals surface area contributed by atoms with E-state index in [1.165, 1.54) is 0 Å². The maximum atomic E-state index is 5.85. The molecule has 0 saturated carbocycles. The number of anilines is 1. The Bertz CT molecular complexity index is 392. The summed E-state index contributed by atoms with van der Waals surface area (Å²) in [7, 11) is 1.66. The molecule has 0 bridgehead atoms. The number of nitrogens with one attached hydrogen (secondary N) is 2. The zero-order valence-electron chi connectivity index (χ0n) is 11.7. The molecule has 106 valence electrons. The van der Waals surface area contributed by atoms with Crippen LogP contribution in [0.15, 0.2) is 12.3 Å². The lowest BCUT2D eigenvalue weighted by Crippen LogP contribution is -2.33. The molecule has 1 fully saturated rings. The highest BCUT2D eigenvalue weighted by molar-refractivity contribution is 5.55. The third-order valence-corrected chi connectivity index (χ3v) is 3.28. The number of hydrogen-bond donors (Lipinski definition) is 2. The zero-order chi connectivity index (χ0) is 13.5. The Morgan fingerprint density at radius 3 is 2.95 bits per heavy atom. The Morgan fingerprint density at radius 2 is 2.21 bits per heavy atom. The minimum Gasteiger partial charge on any atom is -0.493 e. The van der Waals surface area contributed by atoms with Gasteiger partial charge in [0, 0.05) is 12.2 Å². The van der Waals surface area contributed by atoms with Crippen LogP contribution in [0.25, 0.3) is 0 Å². The van der Waals surface area contributed by atoms with Crippen molar-refractivity contribution in [3.05, 3.63) is 18.0 Å². The average molecular weight is 265 g/mol. The molecular formula is C14H23N3O2. The van der Waals surface area contributed by atoms with Gasteiger partial charge in [0.1, 0.15) is 0 Å². The van der Waals surface area contributed by atoms with Gasteiger partial charge in [-0.15, -0.1) is 0 Å². The van der Waals surface area contributed by atoms with Gasteiger partial charge in [0.15, 0.2) is 5.75 Å². The molecule has 0 atom stereocenters. The number of hydrogen-bond acceptors (Lipinski definition) is 5. The summed E-state index contributed by atoms with van der Waals surface area (Å²) in [5.41, 5.74) is 1.95. The van der Waals surface area contributed by atoms with Crippen molar-refractivity contribution in [2.45, 2.75) is 25.9 Å². The summed E-state index contributed by atoms with van der Waals surface area (Å²) in [6.45, 7) is 5.60. The number of rotatable bonds is 6. The maximum absolute atomic E-state index is 5.85. The van der Waals surface area contributed by atoms with E-state index in [1.807, 2.05) is 13.0 Å². The van der Waals surface area contributed by atoms with Gasteiger partial charge < -0.3 is 20.1 Å². The monoisotopic (exact) mass is 265 g/mol. The molecule has 0 unspecified atom stereocenters. The number of aromatic nitrogens is 1. The van der Waals surface area contributed by atoms with Crippen LogP contribution in [-0.4, -0.2) is 44.4 Å². The largest absolute Gasteiger partial charge is 0.493 e. The summed E-state index contributed by atoms with van der Waals surface area (Å²) >= 11 is 0. The molecular weight excluding hydrogens is 242 g/mol. The van der Waals surface area contributed by atoms with Crippen LogP contribution < -0.4 is 15.4 Å². The number of nitrogens with zero attached hydrogens (tertiary/aromatic N) is 1. The quantitative estimate of drug-likeness (QED) is 0.765. The summed E-state index contributed by atoms with van der Waals surface area (Å²) in [5.74, 6) is 0.771. The predicted octanol–water partition coefficient (Wildman–Crippen LogP) is 1.58. The van der Waals surface area contributed by atoms with E-state index >= 15 is 0 Å². The summed E-state index contributed by atoms with van der Waals surface area (Å²) in [6.07, 6.45) is 4.37. The van der Waals surface area contributed by atoms with E-state index in [4.69, 9.17) is 9.47 Å². The molecule has 5 nitrogen and oxygen atoms in total. The maximum Gasteiger partial charge on any atom is 0.160 e.